The first kappa shape index (κ1) is 19.7. The first-order chi connectivity index (χ1) is 15.3. The maximum Gasteiger partial charge on any atom is 0.223 e. The van der Waals surface area contributed by atoms with Crippen LogP contribution in [-0.4, -0.2) is 45.4 Å². The van der Waals surface area contributed by atoms with E-state index in [2.05, 4.69) is 31.9 Å². The quantitative estimate of drug-likeness (QED) is 0.505. The number of nitrogens with one attached hydrogen (secondary N) is 1. The van der Waals surface area contributed by atoms with Crippen LogP contribution < -0.4 is 10.2 Å². The van der Waals surface area contributed by atoms with E-state index in [9.17, 15) is 4.79 Å². The van der Waals surface area contributed by atoms with Crippen molar-refractivity contribution >= 4 is 28.7 Å². The maximum absolute atomic E-state index is 12.5. The molecule has 1 aliphatic rings. The van der Waals surface area contributed by atoms with E-state index >= 15 is 0 Å². The van der Waals surface area contributed by atoms with Crippen LogP contribution in [0.5, 0.6) is 0 Å². The molecule has 5 rings (SSSR count). The van der Waals surface area contributed by atoms with Gasteiger partial charge < -0.3 is 10.2 Å². The van der Waals surface area contributed by atoms with Gasteiger partial charge in [0.25, 0.3) is 0 Å². The van der Waals surface area contributed by atoms with Crippen LogP contribution in [0.2, 0.25) is 0 Å². The summed E-state index contributed by atoms with van der Waals surface area (Å²) in [6.07, 6.45) is 2.56. The standard InChI is InChI=1S/C23H24N6OS/c30-23(24-13-10-19-7-4-16-31-19)18-11-14-28(15-12-18)21-9-8-20-25-26-22(29(20)27-21)17-5-2-1-3-6-17/h1-9,16,18H,10-15H2,(H,24,30). The Bertz CT molecular complexity index is 1150. The Labute approximate surface area is 184 Å². The number of aromatic nitrogens is 4. The fourth-order valence-electron chi connectivity index (χ4n) is 3.99. The van der Waals surface area contributed by atoms with Gasteiger partial charge in [-0.05, 0) is 42.8 Å². The van der Waals surface area contributed by atoms with Crippen LogP contribution in [0.1, 0.15) is 17.7 Å². The van der Waals surface area contributed by atoms with Gasteiger partial charge in [-0.1, -0.05) is 36.4 Å². The number of amides is 1. The number of hydrogen-bond acceptors (Lipinski definition) is 6. The molecule has 1 amide bonds. The molecule has 0 atom stereocenters. The van der Waals surface area contributed by atoms with Crippen molar-refractivity contribution in [2.75, 3.05) is 24.5 Å². The van der Waals surface area contributed by atoms with Crippen molar-refractivity contribution in [2.24, 2.45) is 5.92 Å². The molecule has 3 aromatic heterocycles. The predicted octanol–water partition coefficient (Wildman–Crippen LogP) is 3.43. The van der Waals surface area contributed by atoms with E-state index in [1.165, 1.54) is 4.88 Å². The molecule has 4 heterocycles. The summed E-state index contributed by atoms with van der Waals surface area (Å²) < 4.78 is 1.80. The van der Waals surface area contributed by atoms with Crippen molar-refractivity contribution in [2.45, 2.75) is 19.3 Å². The predicted molar refractivity (Wildman–Crippen MR) is 122 cm³/mol. The van der Waals surface area contributed by atoms with Crippen molar-refractivity contribution in [1.29, 1.82) is 0 Å². The van der Waals surface area contributed by atoms with Crippen LogP contribution in [0.3, 0.4) is 0 Å². The highest BCUT2D eigenvalue weighted by Crippen LogP contribution is 2.24. The van der Waals surface area contributed by atoms with E-state index in [-0.39, 0.29) is 11.8 Å². The number of benzene rings is 1. The molecule has 1 aliphatic heterocycles. The highest BCUT2D eigenvalue weighted by Gasteiger charge is 2.26. The third kappa shape index (κ3) is 4.29. The van der Waals surface area contributed by atoms with E-state index in [1.54, 1.807) is 15.9 Å². The summed E-state index contributed by atoms with van der Waals surface area (Å²) in [4.78, 5) is 16.1. The number of nitrogens with zero attached hydrogens (tertiary/aromatic N) is 5. The Morgan fingerprint density at radius 3 is 2.65 bits per heavy atom. The van der Waals surface area contributed by atoms with Gasteiger partial charge in [0.05, 0.1) is 0 Å². The van der Waals surface area contributed by atoms with E-state index in [1.807, 2.05) is 48.5 Å². The Morgan fingerprint density at radius 1 is 1.03 bits per heavy atom. The number of thiophene rings is 1. The monoisotopic (exact) mass is 432 g/mol. The molecule has 1 aromatic carbocycles. The first-order valence-corrected chi connectivity index (χ1v) is 11.5. The van der Waals surface area contributed by atoms with Gasteiger partial charge in [-0.3, -0.25) is 4.79 Å². The summed E-state index contributed by atoms with van der Waals surface area (Å²) >= 11 is 1.73. The normalized spacial score (nSPS) is 14.8. The lowest BCUT2D eigenvalue weighted by Gasteiger charge is -2.32. The van der Waals surface area contributed by atoms with E-state index in [4.69, 9.17) is 5.10 Å². The second kappa shape index (κ2) is 8.85. The van der Waals surface area contributed by atoms with Gasteiger partial charge in [0.2, 0.25) is 5.91 Å². The molecule has 31 heavy (non-hydrogen) atoms. The van der Waals surface area contributed by atoms with Gasteiger partial charge >= 0.3 is 0 Å². The minimum Gasteiger partial charge on any atom is -0.355 e. The molecule has 158 valence electrons. The second-order valence-electron chi connectivity index (χ2n) is 7.73. The lowest BCUT2D eigenvalue weighted by Crippen LogP contribution is -2.41. The third-order valence-corrected chi connectivity index (χ3v) is 6.66. The second-order valence-corrected chi connectivity index (χ2v) is 8.77. The van der Waals surface area contributed by atoms with Gasteiger partial charge in [0.15, 0.2) is 11.5 Å². The fourth-order valence-corrected chi connectivity index (χ4v) is 4.70. The zero-order chi connectivity index (χ0) is 21.0. The molecule has 1 saturated heterocycles. The number of fused-ring (bicyclic) bond motifs is 1. The molecule has 4 aromatic rings. The Balaban J connectivity index is 1.21. The Kier molecular flexibility index (Phi) is 5.62. The average Bonchev–Trinajstić information content (AvgIpc) is 3.49. The van der Waals surface area contributed by atoms with Crippen molar-refractivity contribution in [3.05, 3.63) is 64.9 Å². The topological polar surface area (TPSA) is 75.4 Å². The van der Waals surface area contributed by atoms with Crippen molar-refractivity contribution in [3.8, 4) is 11.4 Å². The largest absolute Gasteiger partial charge is 0.355 e. The van der Waals surface area contributed by atoms with Gasteiger partial charge in [-0.25, -0.2) is 0 Å². The number of carbonyl (C=O) groups is 1. The van der Waals surface area contributed by atoms with E-state index < -0.39 is 0 Å². The molecular weight excluding hydrogens is 408 g/mol. The summed E-state index contributed by atoms with van der Waals surface area (Å²) in [5, 5.41) is 18.5. The van der Waals surface area contributed by atoms with Crippen molar-refractivity contribution in [3.63, 3.8) is 0 Å². The number of hydrogen-bond donors (Lipinski definition) is 1. The Morgan fingerprint density at radius 2 is 1.87 bits per heavy atom. The molecule has 0 spiro atoms. The SMILES string of the molecule is O=C(NCCc1cccs1)C1CCN(c2ccc3nnc(-c4ccccc4)n3n2)CC1. The molecular formula is C23H24N6OS. The number of anilines is 1. The summed E-state index contributed by atoms with van der Waals surface area (Å²) in [7, 11) is 0. The average molecular weight is 433 g/mol. The van der Waals surface area contributed by atoms with Crippen LogP contribution in [0.25, 0.3) is 17.0 Å². The smallest absolute Gasteiger partial charge is 0.223 e. The van der Waals surface area contributed by atoms with Gasteiger partial charge in [0.1, 0.15) is 5.82 Å². The third-order valence-electron chi connectivity index (χ3n) is 5.72. The molecule has 0 aliphatic carbocycles. The molecule has 7 nitrogen and oxygen atoms in total. The van der Waals surface area contributed by atoms with E-state index in [0.717, 1.165) is 55.2 Å². The first-order valence-electron chi connectivity index (χ1n) is 10.6. The highest BCUT2D eigenvalue weighted by molar-refractivity contribution is 7.09. The summed E-state index contributed by atoms with van der Waals surface area (Å²) in [5.41, 5.74) is 1.71. The lowest BCUT2D eigenvalue weighted by molar-refractivity contribution is -0.125. The molecule has 0 saturated carbocycles. The highest BCUT2D eigenvalue weighted by atomic mass is 32.1. The lowest BCUT2D eigenvalue weighted by atomic mass is 9.96. The summed E-state index contributed by atoms with van der Waals surface area (Å²) in [5.74, 6) is 1.86. The summed E-state index contributed by atoms with van der Waals surface area (Å²) in [6.45, 7) is 2.32. The van der Waals surface area contributed by atoms with Crippen molar-refractivity contribution < 1.29 is 4.79 Å². The van der Waals surface area contributed by atoms with Gasteiger partial charge in [0, 0.05) is 36.0 Å². The minimum atomic E-state index is 0.0677. The van der Waals surface area contributed by atoms with Gasteiger partial charge in [-0.15, -0.1) is 26.6 Å². The van der Waals surface area contributed by atoms with Gasteiger partial charge in [-0.2, -0.15) is 4.52 Å². The molecule has 8 heteroatoms. The summed E-state index contributed by atoms with van der Waals surface area (Å²) in [6, 6.07) is 18.1. The van der Waals surface area contributed by atoms with Crippen LogP contribution in [0.15, 0.2) is 60.0 Å². The zero-order valence-electron chi connectivity index (χ0n) is 17.1. The van der Waals surface area contributed by atoms with Crippen LogP contribution >= 0.6 is 11.3 Å². The molecule has 0 unspecified atom stereocenters. The zero-order valence-corrected chi connectivity index (χ0v) is 18.0. The molecule has 1 N–H and O–H groups in total. The fraction of sp³-hybridized carbons (Fsp3) is 0.304. The number of rotatable bonds is 6. The van der Waals surface area contributed by atoms with Crippen LogP contribution in [-0.2, 0) is 11.2 Å². The van der Waals surface area contributed by atoms with Crippen LogP contribution in [0.4, 0.5) is 5.82 Å². The number of piperidine rings is 1. The molecule has 1 fully saturated rings. The molecule has 0 bridgehead atoms. The number of carbonyl (C=O) groups excluding carboxylic acids is 1. The van der Waals surface area contributed by atoms with Crippen LogP contribution in [0, 0.1) is 5.92 Å². The maximum atomic E-state index is 12.5. The molecule has 0 radical (unpaired) electrons. The van der Waals surface area contributed by atoms with E-state index in [0.29, 0.717) is 6.54 Å². The Hall–Kier alpha value is -3.26. The van der Waals surface area contributed by atoms with Crippen molar-refractivity contribution in [1.82, 2.24) is 25.1 Å². The minimum absolute atomic E-state index is 0.0677.